The number of nitrogens with two attached hydrogens (primary N) is 1. The number of hydrogen-bond donors (Lipinski definition) is 4. The van der Waals surface area contributed by atoms with E-state index in [9.17, 15) is 9.90 Å². The van der Waals surface area contributed by atoms with Gasteiger partial charge in [-0.3, -0.25) is 15.6 Å². The maximum atomic E-state index is 12.1. The van der Waals surface area contributed by atoms with Gasteiger partial charge in [-0.2, -0.15) is 0 Å². The first kappa shape index (κ1) is 12.8. The van der Waals surface area contributed by atoms with Gasteiger partial charge in [-0.15, -0.1) is 0 Å². The molecule has 0 saturated heterocycles. The maximum Gasteiger partial charge on any atom is 0.253 e. The zero-order valence-corrected chi connectivity index (χ0v) is 10.1. The van der Waals surface area contributed by atoms with Crippen LogP contribution in [0.1, 0.15) is 36.0 Å². The molecule has 1 fully saturated rings. The summed E-state index contributed by atoms with van der Waals surface area (Å²) in [5.41, 5.74) is 3.45. The third-order valence-corrected chi connectivity index (χ3v) is 3.25. The molecular weight excluding hydrogens is 232 g/mol. The average Bonchev–Trinajstić information content (AvgIpc) is 2.41. The zero-order chi connectivity index (χ0) is 13.0. The van der Waals surface area contributed by atoms with Crippen molar-refractivity contribution in [1.29, 1.82) is 0 Å². The van der Waals surface area contributed by atoms with Crippen LogP contribution in [0, 0.1) is 0 Å². The molecule has 1 amide bonds. The molecule has 5 N–H and O–H groups in total. The van der Waals surface area contributed by atoms with Crippen LogP contribution in [-0.2, 0) is 0 Å². The van der Waals surface area contributed by atoms with Crippen molar-refractivity contribution >= 4 is 11.6 Å². The molecule has 2 rings (SSSR count). The molecule has 0 unspecified atom stereocenters. The molecule has 0 bridgehead atoms. The van der Waals surface area contributed by atoms with Crippen molar-refractivity contribution in [2.75, 3.05) is 5.43 Å². The normalized spacial score (nSPS) is 23.4. The molecule has 6 nitrogen and oxygen atoms in total. The fourth-order valence-electron chi connectivity index (χ4n) is 2.19. The van der Waals surface area contributed by atoms with Crippen molar-refractivity contribution in [2.24, 2.45) is 5.84 Å². The summed E-state index contributed by atoms with van der Waals surface area (Å²) in [6, 6.07) is 1.75. The fourth-order valence-corrected chi connectivity index (χ4v) is 2.19. The highest BCUT2D eigenvalue weighted by atomic mass is 16.3. The Morgan fingerprint density at radius 1 is 1.39 bits per heavy atom. The lowest BCUT2D eigenvalue weighted by Gasteiger charge is -2.26. The minimum absolute atomic E-state index is 0.125. The van der Waals surface area contributed by atoms with E-state index in [1.165, 1.54) is 6.20 Å². The van der Waals surface area contributed by atoms with E-state index in [0.29, 0.717) is 11.3 Å². The number of aliphatic hydroxyl groups excluding tert-OH is 1. The Morgan fingerprint density at radius 2 is 2.11 bits per heavy atom. The predicted octanol–water partition coefficient (Wildman–Crippen LogP) is 0.400. The van der Waals surface area contributed by atoms with Gasteiger partial charge in [0.25, 0.3) is 5.91 Å². The molecule has 1 aromatic heterocycles. The lowest BCUT2D eigenvalue weighted by Crippen LogP contribution is -2.39. The van der Waals surface area contributed by atoms with Crippen LogP contribution in [0.2, 0.25) is 0 Å². The number of amides is 1. The van der Waals surface area contributed by atoms with Crippen molar-refractivity contribution in [1.82, 2.24) is 10.3 Å². The highest BCUT2D eigenvalue weighted by molar-refractivity contribution is 5.99. The van der Waals surface area contributed by atoms with E-state index in [1.54, 1.807) is 12.3 Å². The van der Waals surface area contributed by atoms with Gasteiger partial charge in [-0.25, -0.2) is 0 Å². The molecule has 1 aromatic rings. The van der Waals surface area contributed by atoms with Gasteiger partial charge in [0.15, 0.2) is 0 Å². The van der Waals surface area contributed by atoms with E-state index in [2.05, 4.69) is 15.7 Å². The number of nitrogens with zero attached hydrogens (tertiary/aromatic N) is 1. The second-order valence-electron chi connectivity index (χ2n) is 4.54. The molecule has 0 atom stereocenters. The lowest BCUT2D eigenvalue weighted by atomic mass is 9.93. The third-order valence-electron chi connectivity index (χ3n) is 3.25. The topological polar surface area (TPSA) is 100 Å². The van der Waals surface area contributed by atoms with Gasteiger partial charge < -0.3 is 15.8 Å². The van der Waals surface area contributed by atoms with Gasteiger partial charge in [0.1, 0.15) is 0 Å². The number of carbonyl (C=O) groups excluding carboxylic acids is 1. The minimum atomic E-state index is -0.222. The van der Waals surface area contributed by atoms with E-state index in [0.717, 1.165) is 25.7 Å². The van der Waals surface area contributed by atoms with Crippen molar-refractivity contribution < 1.29 is 9.90 Å². The smallest absolute Gasteiger partial charge is 0.253 e. The number of rotatable bonds is 3. The van der Waals surface area contributed by atoms with Crippen LogP contribution in [0.5, 0.6) is 0 Å². The Labute approximate surface area is 106 Å². The van der Waals surface area contributed by atoms with Crippen molar-refractivity contribution in [3.8, 4) is 0 Å². The first-order chi connectivity index (χ1) is 8.70. The van der Waals surface area contributed by atoms with Crippen molar-refractivity contribution in [3.63, 3.8) is 0 Å². The van der Waals surface area contributed by atoms with Gasteiger partial charge in [0.2, 0.25) is 0 Å². The van der Waals surface area contributed by atoms with Gasteiger partial charge >= 0.3 is 0 Å². The summed E-state index contributed by atoms with van der Waals surface area (Å²) < 4.78 is 0. The van der Waals surface area contributed by atoms with Gasteiger partial charge in [0.05, 0.1) is 23.6 Å². The van der Waals surface area contributed by atoms with Crippen LogP contribution >= 0.6 is 0 Å². The number of anilines is 1. The highest BCUT2D eigenvalue weighted by Crippen LogP contribution is 2.19. The van der Waals surface area contributed by atoms with Gasteiger partial charge in [-0.1, -0.05) is 0 Å². The number of hydrogen-bond acceptors (Lipinski definition) is 5. The second-order valence-corrected chi connectivity index (χ2v) is 4.54. The molecule has 0 spiro atoms. The molecule has 1 aliphatic carbocycles. The number of nitrogen functional groups attached to an aromatic ring is 1. The Hall–Kier alpha value is -1.66. The largest absolute Gasteiger partial charge is 0.393 e. The highest BCUT2D eigenvalue weighted by Gasteiger charge is 2.22. The SMILES string of the molecule is NNc1cnccc1C(=O)NC1CCC(O)CC1. The van der Waals surface area contributed by atoms with Crippen molar-refractivity contribution in [2.45, 2.75) is 37.8 Å². The van der Waals surface area contributed by atoms with E-state index < -0.39 is 0 Å². The molecule has 98 valence electrons. The lowest BCUT2D eigenvalue weighted by molar-refractivity contribution is 0.0868. The monoisotopic (exact) mass is 250 g/mol. The first-order valence-corrected chi connectivity index (χ1v) is 6.10. The molecule has 0 radical (unpaired) electrons. The number of aliphatic hydroxyl groups is 1. The Morgan fingerprint density at radius 3 is 2.78 bits per heavy atom. The van der Waals surface area contributed by atoms with E-state index in [4.69, 9.17) is 5.84 Å². The number of aromatic nitrogens is 1. The van der Waals surface area contributed by atoms with Crippen molar-refractivity contribution in [3.05, 3.63) is 24.0 Å². The molecule has 6 heteroatoms. The zero-order valence-electron chi connectivity index (χ0n) is 10.1. The van der Waals surface area contributed by atoms with Crippen LogP contribution in [-0.4, -0.2) is 28.1 Å². The quantitative estimate of drug-likeness (QED) is 0.459. The molecule has 18 heavy (non-hydrogen) atoms. The number of nitrogens with one attached hydrogen (secondary N) is 2. The Bertz CT molecular complexity index is 416. The maximum absolute atomic E-state index is 12.1. The number of carbonyl (C=O) groups is 1. The Kier molecular flexibility index (Phi) is 4.11. The summed E-state index contributed by atoms with van der Waals surface area (Å²) in [7, 11) is 0. The van der Waals surface area contributed by atoms with Crippen LogP contribution in [0.3, 0.4) is 0 Å². The minimum Gasteiger partial charge on any atom is -0.393 e. The van der Waals surface area contributed by atoms with Gasteiger partial charge in [0, 0.05) is 12.2 Å². The van der Waals surface area contributed by atoms with Crippen LogP contribution < -0.4 is 16.6 Å². The summed E-state index contributed by atoms with van der Waals surface area (Å²) >= 11 is 0. The first-order valence-electron chi connectivity index (χ1n) is 6.10. The van der Waals surface area contributed by atoms with E-state index >= 15 is 0 Å². The van der Waals surface area contributed by atoms with Crippen LogP contribution in [0.15, 0.2) is 18.5 Å². The molecule has 0 aliphatic heterocycles. The number of hydrazine groups is 1. The molecule has 0 aromatic carbocycles. The predicted molar refractivity (Wildman–Crippen MR) is 67.8 cm³/mol. The Balaban J connectivity index is 1.99. The van der Waals surface area contributed by atoms with E-state index in [1.807, 2.05) is 0 Å². The average molecular weight is 250 g/mol. The summed E-state index contributed by atoms with van der Waals surface area (Å²) in [4.78, 5) is 16.0. The summed E-state index contributed by atoms with van der Waals surface area (Å²) in [5.74, 6) is 5.18. The van der Waals surface area contributed by atoms with Crippen LogP contribution in [0.25, 0.3) is 0 Å². The third kappa shape index (κ3) is 2.96. The van der Waals surface area contributed by atoms with Gasteiger partial charge in [-0.05, 0) is 31.7 Å². The fraction of sp³-hybridized carbons (Fsp3) is 0.500. The standard InChI is InChI=1S/C12H18N4O2/c13-16-11-7-14-6-5-10(11)12(18)15-8-1-3-9(17)4-2-8/h5-9,16-17H,1-4,13H2,(H,15,18). The van der Waals surface area contributed by atoms with E-state index in [-0.39, 0.29) is 18.1 Å². The molecular formula is C12H18N4O2. The summed E-state index contributed by atoms with van der Waals surface area (Å²) in [6.07, 6.45) is 5.94. The molecule has 1 saturated carbocycles. The second kappa shape index (κ2) is 5.79. The number of pyridine rings is 1. The summed E-state index contributed by atoms with van der Waals surface area (Å²) in [6.45, 7) is 0. The molecule has 1 heterocycles. The summed E-state index contributed by atoms with van der Waals surface area (Å²) in [5, 5.41) is 12.4. The van der Waals surface area contributed by atoms with Crippen LogP contribution in [0.4, 0.5) is 5.69 Å². The molecule has 1 aliphatic rings.